The van der Waals surface area contributed by atoms with Gasteiger partial charge in [-0.3, -0.25) is 13.8 Å². The Labute approximate surface area is 313 Å². The van der Waals surface area contributed by atoms with Gasteiger partial charge in [0, 0.05) is 37.4 Å². The Balaban J connectivity index is 1.54. The Bertz CT molecular complexity index is 2550. The molecule has 0 aliphatic heterocycles. The van der Waals surface area contributed by atoms with Crippen molar-refractivity contribution in [2.24, 2.45) is 14.1 Å². The number of nitrogens with one attached hydrogen (secondary N) is 1. The molecule has 15 heteroatoms. The summed E-state index contributed by atoms with van der Waals surface area (Å²) < 4.78 is 52.8. The first-order valence-corrected chi connectivity index (χ1v) is 19.2. The van der Waals surface area contributed by atoms with Crippen LogP contribution >= 0.6 is 0 Å². The molecule has 0 atom stereocenters. The number of nitrogens with zero attached hydrogens (tertiary/aromatic N) is 6. The second-order valence-corrected chi connectivity index (χ2v) is 16.9. The largest absolute Gasteiger partial charge is 0.497 e. The quantitative estimate of drug-likeness (QED) is 0.186. The van der Waals surface area contributed by atoms with Gasteiger partial charge in [0.1, 0.15) is 11.4 Å². The second-order valence-electron chi connectivity index (χ2n) is 15.1. The van der Waals surface area contributed by atoms with Gasteiger partial charge in [-0.25, -0.2) is 27.0 Å². The molecule has 4 heterocycles. The van der Waals surface area contributed by atoms with Crippen molar-refractivity contribution in [3.8, 4) is 34.0 Å². The van der Waals surface area contributed by atoms with Crippen LogP contribution in [0.3, 0.4) is 0 Å². The molecular weight excluding hydrogens is 711 g/mol. The number of hydrogen-bond donors (Lipinski definition) is 1. The predicted molar refractivity (Wildman–Crippen MR) is 206 cm³/mol. The third-order valence-electron chi connectivity index (χ3n) is 10.1. The molecule has 1 N–H and O–H groups in total. The van der Waals surface area contributed by atoms with Gasteiger partial charge in [0.2, 0.25) is 5.88 Å². The number of aryl methyl sites for hydroxylation is 2. The molecule has 7 rings (SSSR count). The molecule has 54 heavy (non-hydrogen) atoms. The number of fused-ring (bicyclic) bond motifs is 3. The molecular formula is C39H45N7O7S. The molecule has 0 radical (unpaired) electrons. The van der Waals surface area contributed by atoms with Crippen LogP contribution in [-0.2, 0) is 28.9 Å². The molecule has 6 aromatic rings. The number of imidazole rings is 1. The van der Waals surface area contributed by atoms with Crippen LogP contribution in [-0.4, -0.2) is 67.7 Å². The lowest BCUT2D eigenvalue weighted by Gasteiger charge is -2.38. The van der Waals surface area contributed by atoms with Crippen LogP contribution in [0.5, 0.6) is 11.6 Å². The van der Waals surface area contributed by atoms with Gasteiger partial charge in [-0.2, -0.15) is 0 Å². The van der Waals surface area contributed by atoms with E-state index in [-0.39, 0.29) is 33.8 Å². The molecule has 1 amide bonds. The van der Waals surface area contributed by atoms with Crippen LogP contribution in [0.2, 0.25) is 0 Å². The highest BCUT2D eigenvalue weighted by Crippen LogP contribution is 2.48. The third-order valence-corrected chi connectivity index (χ3v) is 11.8. The van der Waals surface area contributed by atoms with Crippen molar-refractivity contribution in [2.45, 2.75) is 75.5 Å². The molecule has 14 nitrogen and oxygen atoms in total. The summed E-state index contributed by atoms with van der Waals surface area (Å²) in [4.78, 5) is 32.0. The first-order valence-electron chi connectivity index (χ1n) is 17.8. The van der Waals surface area contributed by atoms with Gasteiger partial charge in [-0.05, 0) is 83.2 Å². The summed E-state index contributed by atoms with van der Waals surface area (Å²) in [6, 6.07) is 15.2. The minimum Gasteiger partial charge on any atom is -0.497 e. The van der Waals surface area contributed by atoms with Crippen LogP contribution in [0, 0.1) is 0 Å². The first kappa shape index (κ1) is 36.8. The van der Waals surface area contributed by atoms with E-state index in [1.165, 1.54) is 11.1 Å². The molecule has 0 spiro atoms. The normalized spacial score (nSPS) is 17.9. The van der Waals surface area contributed by atoms with Crippen LogP contribution in [0.4, 0.5) is 4.79 Å². The zero-order valence-electron chi connectivity index (χ0n) is 31.7. The minimum absolute atomic E-state index is 0.0590. The number of amides is 1. The number of aromatic nitrogens is 6. The maximum absolute atomic E-state index is 15.0. The maximum atomic E-state index is 15.0. The van der Waals surface area contributed by atoms with E-state index >= 15 is 0 Å². The Morgan fingerprint density at radius 2 is 1.65 bits per heavy atom. The predicted octanol–water partition coefficient (Wildman–Crippen LogP) is 6.41. The average Bonchev–Trinajstić information content (AvgIpc) is 3.76. The van der Waals surface area contributed by atoms with Crippen molar-refractivity contribution >= 4 is 38.2 Å². The summed E-state index contributed by atoms with van der Waals surface area (Å²) in [6.07, 6.45) is 5.10. The van der Waals surface area contributed by atoms with E-state index in [0.29, 0.717) is 64.5 Å². The highest BCUT2D eigenvalue weighted by molar-refractivity contribution is 7.90. The van der Waals surface area contributed by atoms with Gasteiger partial charge in [0.05, 0.1) is 53.0 Å². The SMILES string of the molecule is COc1ccc(-c2c(-c3cn(C)nc3OC)n(S(=O)(=O)c3ccccc3)c3ncc4c(c23)n(C2CCC(C)(NC(=O)OC(C)(C)C)CC2)c(=O)n4C)cc1. The molecule has 4 aromatic heterocycles. The van der Waals surface area contributed by atoms with Crippen LogP contribution in [0.1, 0.15) is 59.4 Å². The molecule has 0 saturated heterocycles. The lowest BCUT2D eigenvalue weighted by atomic mass is 9.80. The van der Waals surface area contributed by atoms with E-state index in [2.05, 4.69) is 10.4 Å². The topological polar surface area (TPSA) is 153 Å². The van der Waals surface area contributed by atoms with Crippen LogP contribution < -0.4 is 20.5 Å². The summed E-state index contributed by atoms with van der Waals surface area (Å²) in [6.45, 7) is 7.46. The van der Waals surface area contributed by atoms with Crippen LogP contribution in [0.25, 0.3) is 44.5 Å². The molecule has 1 saturated carbocycles. The van der Waals surface area contributed by atoms with Crippen LogP contribution in [0.15, 0.2) is 76.7 Å². The smallest absolute Gasteiger partial charge is 0.408 e. The second kappa shape index (κ2) is 13.4. The number of ether oxygens (including phenoxy) is 3. The highest BCUT2D eigenvalue weighted by atomic mass is 32.2. The average molecular weight is 756 g/mol. The fraction of sp³-hybridized carbons (Fsp3) is 0.385. The van der Waals surface area contributed by atoms with Crippen molar-refractivity contribution in [3.63, 3.8) is 0 Å². The van der Waals surface area contributed by atoms with Crippen molar-refractivity contribution in [1.29, 1.82) is 0 Å². The monoisotopic (exact) mass is 755 g/mol. The molecule has 284 valence electrons. The van der Waals surface area contributed by atoms with E-state index in [1.54, 1.807) is 89.9 Å². The molecule has 0 bridgehead atoms. The van der Waals surface area contributed by atoms with Crippen molar-refractivity contribution in [2.75, 3.05) is 14.2 Å². The summed E-state index contributed by atoms with van der Waals surface area (Å²) in [5.41, 5.74) is 1.69. The standard InChI is InChI=1S/C39H45N7O7S/c1-38(2,3)53-36(47)41-39(4)20-18-25(19-21-39)45-33-29(44(6)37(45)48)22-40-34-31(33)30(24-14-16-26(51-7)17-15-24)32(28-23-43(5)42-35(28)52-8)46(34)54(49,50)27-12-10-9-11-13-27/h9-17,22-23,25H,18-21H2,1-8H3,(H,41,47). The zero-order valence-corrected chi connectivity index (χ0v) is 32.5. The van der Waals surface area contributed by atoms with E-state index in [1.807, 2.05) is 39.8 Å². The minimum atomic E-state index is -4.32. The van der Waals surface area contributed by atoms with Gasteiger partial charge in [0.25, 0.3) is 10.0 Å². The van der Waals surface area contributed by atoms with Gasteiger partial charge < -0.3 is 19.5 Å². The Morgan fingerprint density at radius 1 is 0.981 bits per heavy atom. The van der Waals surface area contributed by atoms with E-state index in [9.17, 15) is 18.0 Å². The summed E-state index contributed by atoms with van der Waals surface area (Å²) in [7, 11) is 2.17. The zero-order chi connectivity index (χ0) is 38.7. The Kier molecular flexibility index (Phi) is 9.11. The Hall–Kier alpha value is -5.57. The van der Waals surface area contributed by atoms with Gasteiger partial charge >= 0.3 is 11.8 Å². The number of carbonyl (C=O) groups excluding carboxylic acids is 1. The summed E-state index contributed by atoms with van der Waals surface area (Å²) in [5.74, 6) is 0.829. The van der Waals surface area contributed by atoms with E-state index < -0.39 is 27.3 Å². The number of pyridine rings is 1. The molecule has 1 aliphatic rings. The number of benzene rings is 2. The van der Waals surface area contributed by atoms with Gasteiger partial charge in [-0.1, -0.05) is 30.3 Å². The van der Waals surface area contributed by atoms with E-state index in [4.69, 9.17) is 19.2 Å². The van der Waals surface area contributed by atoms with Crippen molar-refractivity contribution in [3.05, 3.63) is 77.5 Å². The highest BCUT2D eigenvalue weighted by Gasteiger charge is 2.38. The van der Waals surface area contributed by atoms with E-state index in [0.717, 1.165) is 0 Å². The first-order chi connectivity index (χ1) is 25.6. The van der Waals surface area contributed by atoms with Crippen molar-refractivity contribution in [1.82, 2.24) is 33.2 Å². The number of hydrogen-bond acceptors (Lipinski definition) is 9. The number of methoxy groups -OCH3 is 2. The fourth-order valence-electron chi connectivity index (χ4n) is 7.55. The lowest BCUT2D eigenvalue weighted by molar-refractivity contribution is 0.0427. The fourth-order valence-corrected chi connectivity index (χ4v) is 9.06. The molecule has 2 aromatic carbocycles. The number of rotatable bonds is 8. The lowest BCUT2D eigenvalue weighted by Crippen LogP contribution is -2.50. The number of alkyl carbamates (subject to hydrolysis) is 1. The van der Waals surface area contributed by atoms with Gasteiger partial charge in [-0.15, -0.1) is 5.10 Å². The summed E-state index contributed by atoms with van der Waals surface area (Å²) in [5, 5.41) is 8.05. The number of carbonyl (C=O) groups is 1. The molecule has 1 aliphatic carbocycles. The van der Waals surface area contributed by atoms with Crippen molar-refractivity contribution < 1.29 is 27.4 Å². The third kappa shape index (κ3) is 6.29. The maximum Gasteiger partial charge on any atom is 0.408 e. The Morgan fingerprint density at radius 3 is 2.26 bits per heavy atom. The summed E-state index contributed by atoms with van der Waals surface area (Å²) >= 11 is 0. The molecule has 0 unspecified atom stereocenters. The van der Waals surface area contributed by atoms with Gasteiger partial charge in [0.15, 0.2) is 5.65 Å². The molecule has 1 fully saturated rings.